The van der Waals surface area contributed by atoms with Gasteiger partial charge in [0.15, 0.2) is 0 Å². The van der Waals surface area contributed by atoms with Crippen molar-refractivity contribution in [3.8, 4) is 0 Å². The average molecular weight is 267 g/mol. The summed E-state index contributed by atoms with van der Waals surface area (Å²) in [6, 6.07) is 7.09. The van der Waals surface area contributed by atoms with E-state index in [9.17, 15) is 9.59 Å². The molecule has 0 radical (unpaired) electrons. The fraction of sp³-hybridized carbons (Fsp3) is 0.167. The van der Waals surface area contributed by atoms with Gasteiger partial charge in [-0.3, -0.25) is 9.55 Å². The van der Waals surface area contributed by atoms with Crippen LogP contribution in [0.1, 0.15) is 21.7 Å². The highest BCUT2D eigenvalue weighted by Crippen LogP contribution is 2.15. The van der Waals surface area contributed by atoms with Crippen molar-refractivity contribution in [3.05, 3.63) is 56.7 Å². The highest BCUT2D eigenvalue weighted by molar-refractivity contribution is 6.30. The summed E-state index contributed by atoms with van der Waals surface area (Å²) in [6.45, 7) is 0. The van der Waals surface area contributed by atoms with Crippen LogP contribution < -0.4 is 5.69 Å². The van der Waals surface area contributed by atoms with Crippen LogP contribution in [-0.2, 0) is 13.5 Å². The molecule has 0 unspecified atom stereocenters. The number of halogens is 1. The molecule has 0 spiro atoms. The Balaban J connectivity index is 2.46. The summed E-state index contributed by atoms with van der Waals surface area (Å²) in [7, 11) is 1.53. The first-order chi connectivity index (χ1) is 8.49. The zero-order valence-corrected chi connectivity index (χ0v) is 10.4. The van der Waals surface area contributed by atoms with Crippen molar-refractivity contribution in [3.63, 3.8) is 0 Å². The molecule has 0 aliphatic heterocycles. The van der Waals surface area contributed by atoms with Gasteiger partial charge in [0.25, 0.3) is 0 Å². The van der Waals surface area contributed by atoms with Crippen molar-refractivity contribution in [1.29, 1.82) is 0 Å². The number of hydrogen-bond donors (Lipinski definition) is 2. The second kappa shape index (κ2) is 4.70. The Hall–Kier alpha value is -2.01. The van der Waals surface area contributed by atoms with E-state index in [1.165, 1.54) is 11.6 Å². The van der Waals surface area contributed by atoms with E-state index in [-0.39, 0.29) is 5.69 Å². The number of rotatable bonds is 3. The van der Waals surface area contributed by atoms with Crippen LogP contribution in [0.3, 0.4) is 0 Å². The van der Waals surface area contributed by atoms with Crippen molar-refractivity contribution >= 4 is 17.6 Å². The molecule has 1 aromatic carbocycles. The van der Waals surface area contributed by atoms with Crippen LogP contribution >= 0.6 is 11.6 Å². The molecule has 1 aromatic heterocycles. The molecule has 0 saturated heterocycles. The summed E-state index contributed by atoms with van der Waals surface area (Å²) < 4.78 is 1.30. The number of nitrogens with zero attached hydrogens (tertiary/aromatic N) is 1. The Labute approximate surface area is 108 Å². The second-order valence-corrected chi connectivity index (χ2v) is 4.36. The third-order valence-electron chi connectivity index (χ3n) is 2.70. The molecule has 18 heavy (non-hydrogen) atoms. The molecule has 2 rings (SSSR count). The normalized spacial score (nSPS) is 10.6. The van der Waals surface area contributed by atoms with Gasteiger partial charge in [0.2, 0.25) is 0 Å². The molecular weight excluding hydrogens is 256 g/mol. The lowest BCUT2D eigenvalue weighted by Gasteiger charge is -2.04. The third kappa shape index (κ3) is 2.31. The third-order valence-corrected chi connectivity index (χ3v) is 2.94. The van der Waals surface area contributed by atoms with Crippen LogP contribution in [0.4, 0.5) is 0 Å². The lowest BCUT2D eigenvalue weighted by Crippen LogP contribution is -2.14. The summed E-state index contributed by atoms with van der Waals surface area (Å²) in [5.74, 6) is -1.15. The van der Waals surface area contributed by atoms with E-state index in [1.54, 1.807) is 18.2 Å². The van der Waals surface area contributed by atoms with E-state index >= 15 is 0 Å². The van der Waals surface area contributed by atoms with Crippen molar-refractivity contribution in [2.45, 2.75) is 6.42 Å². The summed E-state index contributed by atoms with van der Waals surface area (Å²) >= 11 is 5.87. The molecular formula is C12H11ClN2O3. The first kappa shape index (κ1) is 12.4. The summed E-state index contributed by atoms with van der Waals surface area (Å²) in [4.78, 5) is 24.8. The SMILES string of the molecule is Cn1c(Cc2cccc(Cl)c2)c(C(=O)O)[nH]c1=O. The summed E-state index contributed by atoms with van der Waals surface area (Å²) in [6.07, 6.45) is 0.331. The van der Waals surface area contributed by atoms with Gasteiger partial charge in [0, 0.05) is 18.5 Å². The first-order valence-corrected chi connectivity index (χ1v) is 5.62. The molecule has 2 N–H and O–H groups in total. The van der Waals surface area contributed by atoms with E-state index in [0.717, 1.165) is 5.56 Å². The molecule has 1 heterocycles. The first-order valence-electron chi connectivity index (χ1n) is 5.24. The molecule has 94 valence electrons. The van der Waals surface area contributed by atoms with E-state index < -0.39 is 11.7 Å². The van der Waals surface area contributed by atoms with Gasteiger partial charge in [-0.15, -0.1) is 0 Å². The van der Waals surface area contributed by atoms with Crippen molar-refractivity contribution < 1.29 is 9.90 Å². The maximum Gasteiger partial charge on any atom is 0.354 e. The number of H-pyrrole nitrogens is 1. The molecule has 0 fully saturated rings. The molecule has 5 nitrogen and oxygen atoms in total. The van der Waals surface area contributed by atoms with Crippen LogP contribution in [0.5, 0.6) is 0 Å². The molecule has 0 bridgehead atoms. The van der Waals surface area contributed by atoms with E-state index in [2.05, 4.69) is 4.98 Å². The van der Waals surface area contributed by atoms with Gasteiger partial charge in [0.05, 0.1) is 5.69 Å². The number of carbonyl (C=O) groups is 1. The van der Waals surface area contributed by atoms with Gasteiger partial charge < -0.3 is 5.11 Å². The van der Waals surface area contributed by atoms with E-state index in [4.69, 9.17) is 16.7 Å². The Morgan fingerprint density at radius 3 is 2.83 bits per heavy atom. The Kier molecular flexibility index (Phi) is 3.25. The number of aromatic nitrogens is 2. The molecule has 0 aliphatic rings. The smallest absolute Gasteiger partial charge is 0.354 e. The fourth-order valence-electron chi connectivity index (χ4n) is 1.78. The van der Waals surface area contributed by atoms with Crippen LogP contribution in [0.2, 0.25) is 5.02 Å². The van der Waals surface area contributed by atoms with Crippen molar-refractivity contribution in [1.82, 2.24) is 9.55 Å². The van der Waals surface area contributed by atoms with Crippen LogP contribution in [0, 0.1) is 0 Å². The quantitative estimate of drug-likeness (QED) is 0.887. The van der Waals surface area contributed by atoms with Crippen LogP contribution in [-0.4, -0.2) is 20.6 Å². The molecule has 0 aliphatic carbocycles. The maximum absolute atomic E-state index is 11.4. The minimum absolute atomic E-state index is 0.0810. The van der Waals surface area contributed by atoms with E-state index in [1.807, 2.05) is 6.07 Å². The maximum atomic E-state index is 11.4. The fourth-order valence-corrected chi connectivity index (χ4v) is 1.99. The molecule has 0 atom stereocenters. The van der Waals surface area contributed by atoms with Gasteiger partial charge in [-0.05, 0) is 17.7 Å². The number of carboxylic acids is 1. The van der Waals surface area contributed by atoms with Crippen LogP contribution in [0.25, 0.3) is 0 Å². The van der Waals surface area contributed by atoms with Gasteiger partial charge >= 0.3 is 11.7 Å². The zero-order valence-electron chi connectivity index (χ0n) is 9.61. The monoisotopic (exact) mass is 266 g/mol. The Bertz CT molecular complexity index is 658. The number of aromatic amines is 1. The number of nitrogens with one attached hydrogen (secondary N) is 1. The average Bonchev–Trinajstić information content (AvgIpc) is 2.57. The Morgan fingerprint density at radius 2 is 2.22 bits per heavy atom. The minimum Gasteiger partial charge on any atom is -0.477 e. The van der Waals surface area contributed by atoms with Crippen molar-refractivity contribution in [2.24, 2.45) is 7.05 Å². The van der Waals surface area contributed by atoms with E-state index in [0.29, 0.717) is 17.1 Å². The molecule has 0 amide bonds. The molecule has 6 heteroatoms. The lowest BCUT2D eigenvalue weighted by atomic mass is 10.1. The number of imidazole rings is 1. The summed E-state index contributed by atoms with van der Waals surface area (Å²) in [5.41, 5.74) is 0.751. The van der Waals surface area contributed by atoms with Gasteiger partial charge in [-0.25, -0.2) is 9.59 Å². The van der Waals surface area contributed by atoms with Crippen molar-refractivity contribution in [2.75, 3.05) is 0 Å². The number of carboxylic acid groups (broad SMARTS) is 1. The highest BCUT2D eigenvalue weighted by atomic mass is 35.5. The lowest BCUT2D eigenvalue weighted by molar-refractivity contribution is 0.0689. The van der Waals surface area contributed by atoms with Crippen LogP contribution in [0.15, 0.2) is 29.1 Å². The van der Waals surface area contributed by atoms with Gasteiger partial charge in [-0.2, -0.15) is 0 Å². The minimum atomic E-state index is -1.15. The highest BCUT2D eigenvalue weighted by Gasteiger charge is 2.17. The molecule has 2 aromatic rings. The topological polar surface area (TPSA) is 75.1 Å². The van der Waals surface area contributed by atoms with Gasteiger partial charge in [0.1, 0.15) is 5.69 Å². The summed E-state index contributed by atoms with van der Waals surface area (Å²) in [5, 5.41) is 9.60. The second-order valence-electron chi connectivity index (χ2n) is 3.92. The molecule has 0 saturated carbocycles. The van der Waals surface area contributed by atoms with Gasteiger partial charge in [-0.1, -0.05) is 23.7 Å². The standard InChI is InChI=1S/C12H11ClN2O3/c1-15-9(10(11(16)17)14-12(15)18)6-7-3-2-4-8(13)5-7/h2-5H,6H2,1H3,(H,14,18)(H,16,17). The number of benzene rings is 1. The largest absolute Gasteiger partial charge is 0.477 e. The predicted octanol–water partition coefficient (Wildman–Crippen LogP) is 1.66. The Morgan fingerprint density at radius 1 is 1.50 bits per heavy atom. The number of hydrogen-bond acceptors (Lipinski definition) is 2. The zero-order chi connectivity index (χ0) is 13.3. The predicted molar refractivity (Wildman–Crippen MR) is 67.3 cm³/mol. The number of aromatic carboxylic acids is 1.